The van der Waals surface area contributed by atoms with E-state index in [0.717, 1.165) is 55.3 Å². The van der Waals surface area contributed by atoms with Crippen molar-refractivity contribution in [3.63, 3.8) is 0 Å². The molecule has 4 heteroatoms. The highest BCUT2D eigenvalue weighted by atomic mass is 19.2. The van der Waals surface area contributed by atoms with Gasteiger partial charge in [-0.15, -0.1) is 0 Å². The second kappa shape index (κ2) is 7.29. The van der Waals surface area contributed by atoms with Gasteiger partial charge in [0.2, 0.25) is 0 Å². The lowest BCUT2D eigenvalue weighted by molar-refractivity contribution is 0.0641. The molecule has 0 aliphatic carbocycles. The minimum Gasteiger partial charge on any atom is -0.378 e. The monoisotopic (exact) mass is 325 g/mol. The molecule has 2 aromatic rings. The van der Waals surface area contributed by atoms with Crippen molar-refractivity contribution < 1.29 is 13.5 Å². The molecule has 0 saturated carbocycles. The summed E-state index contributed by atoms with van der Waals surface area (Å²) in [5.74, 6) is 4.03. The Hall–Kier alpha value is -2.64. The molecule has 0 amide bonds. The summed E-state index contributed by atoms with van der Waals surface area (Å²) in [6, 6.07) is 11.4. The normalized spacial score (nSPS) is 14.0. The van der Waals surface area contributed by atoms with E-state index in [1.165, 1.54) is 6.07 Å². The van der Waals surface area contributed by atoms with Crippen LogP contribution < -0.4 is 0 Å². The molecule has 1 aliphatic heterocycles. The second-order valence-electron chi connectivity index (χ2n) is 5.50. The fourth-order valence-corrected chi connectivity index (χ4v) is 2.48. The topological polar surface area (TPSA) is 12.5 Å². The maximum atomic E-state index is 13.2. The molecule has 1 heterocycles. The van der Waals surface area contributed by atoms with Crippen molar-refractivity contribution in [1.82, 2.24) is 4.90 Å². The molecule has 2 aromatic carbocycles. The fraction of sp³-hybridized carbons (Fsp3) is 0.200. The van der Waals surface area contributed by atoms with Crippen molar-refractivity contribution in [2.24, 2.45) is 0 Å². The van der Waals surface area contributed by atoms with Crippen LogP contribution in [0.15, 0.2) is 49.0 Å². The third-order valence-corrected chi connectivity index (χ3v) is 3.88. The number of hydrogen-bond donors (Lipinski definition) is 0. The fourth-order valence-electron chi connectivity index (χ4n) is 2.48. The highest BCUT2D eigenvalue weighted by Crippen LogP contribution is 2.19. The smallest absolute Gasteiger partial charge is 0.160 e. The van der Waals surface area contributed by atoms with Crippen molar-refractivity contribution >= 4 is 5.70 Å². The van der Waals surface area contributed by atoms with E-state index in [4.69, 9.17) is 4.74 Å². The summed E-state index contributed by atoms with van der Waals surface area (Å²) in [7, 11) is 0. The van der Waals surface area contributed by atoms with Gasteiger partial charge in [0, 0.05) is 29.9 Å². The average Bonchev–Trinajstić information content (AvgIpc) is 2.63. The lowest BCUT2D eigenvalue weighted by Gasteiger charge is -2.30. The second-order valence-corrected chi connectivity index (χ2v) is 5.50. The van der Waals surface area contributed by atoms with Gasteiger partial charge in [-0.2, -0.15) is 0 Å². The molecular formula is C20H17F2NO. The predicted molar refractivity (Wildman–Crippen MR) is 90.2 cm³/mol. The average molecular weight is 325 g/mol. The summed E-state index contributed by atoms with van der Waals surface area (Å²) >= 11 is 0. The van der Waals surface area contributed by atoms with E-state index in [0.29, 0.717) is 5.56 Å². The Bertz CT molecular complexity index is 797. The molecule has 1 aliphatic rings. The van der Waals surface area contributed by atoms with Gasteiger partial charge in [-0.25, -0.2) is 8.78 Å². The minimum absolute atomic E-state index is 0.440. The number of morpholine rings is 1. The molecular weight excluding hydrogens is 308 g/mol. The summed E-state index contributed by atoms with van der Waals surface area (Å²) < 4.78 is 31.4. The van der Waals surface area contributed by atoms with E-state index in [1.807, 2.05) is 24.3 Å². The minimum atomic E-state index is -0.890. The predicted octanol–water partition coefficient (Wildman–Crippen LogP) is 3.67. The molecule has 0 aromatic heterocycles. The number of nitrogens with zero attached hydrogens (tertiary/aromatic N) is 1. The van der Waals surface area contributed by atoms with Gasteiger partial charge in [-0.05, 0) is 35.9 Å². The Labute approximate surface area is 140 Å². The maximum absolute atomic E-state index is 13.2. The number of rotatable bonds is 2. The molecule has 0 spiro atoms. The largest absolute Gasteiger partial charge is 0.378 e. The molecule has 1 saturated heterocycles. The quantitative estimate of drug-likeness (QED) is 0.781. The first-order valence-corrected chi connectivity index (χ1v) is 7.72. The summed E-state index contributed by atoms with van der Waals surface area (Å²) in [6.45, 7) is 7.27. The van der Waals surface area contributed by atoms with Crippen LogP contribution in [-0.4, -0.2) is 31.2 Å². The Balaban J connectivity index is 1.71. The van der Waals surface area contributed by atoms with E-state index < -0.39 is 11.6 Å². The van der Waals surface area contributed by atoms with Crippen LogP contribution >= 0.6 is 0 Å². The van der Waals surface area contributed by atoms with Crippen LogP contribution in [0.1, 0.15) is 16.7 Å². The zero-order valence-corrected chi connectivity index (χ0v) is 13.2. The van der Waals surface area contributed by atoms with Crippen molar-refractivity contribution in [3.8, 4) is 11.8 Å². The van der Waals surface area contributed by atoms with E-state index in [1.54, 1.807) is 0 Å². The Morgan fingerprint density at radius 3 is 2.21 bits per heavy atom. The van der Waals surface area contributed by atoms with E-state index >= 15 is 0 Å². The number of benzene rings is 2. The Kier molecular flexibility index (Phi) is 4.93. The van der Waals surface area contributed by atoms with E-state index in [-0.39, 0.29) is 0 Å². The van der Waals surface area contributed by atoms with Gasteiger partial charge in [-0.3, -0.25) is 0 Å². The molecule has 0 atom stereocenters. The first-order chi connectivity index (χ1) is 11.6. The third-order valence-electron chi connectivity index (χ3n) is 3.88. The zero-order valence-electron chi connectivity index (χ0n) is 13.2. The van der Waals surface area contributed by atoms with Crippen molar-refractivity contribution in [3.05, 3.63) is 77.4 Å². The summed E-state index contributed by atoms with van der Waals surface area (Å²) in [5, 5.41) is 0. The molecule has 3 rings (SSSR count). The summed E-state index contributed by atoms with van der Waals surface area (Å²) in [4.78, 5) is 2.20. The first kappa shape index (κ1) is 16.2. The lowest BCUT2D eigenvalue weighted by Crippen LogP contribution is -2.34. The standard InChI is InChI=1S/C20H17F2NO/c1-15(23-10-12-24-13-11-23)18-7-4-16(5-8-18)2-3-17-6-9-19(21)20(22)14-17/h4-9,14H,1,10-13H2. The van der Waals surface area contributed by atoms with Gasteiger partial charge < -0.3 is 9.64 Å². The summed E-state index contributed by atoms with van der Waals surface area (Å²) in [6.07, 6.45) is 0. The molecule has 24 heavy (non-hydrogen) atoms. The van der Waals surface area contributed by atoms with Crippen LogP contribution in [0.3, 0.4) is 0 Å². The van der Waals surface area contributed by atoms with Crippen LogP contribution in [0.4, 0.5) is 8.78 Å². The lowest BCUT2D eigenvalue weighted by atomic mass is 10.1. The van der Waals surface area contributed by atoms with Crippen LogP contribution in [0, 0.1) is 23.5 Å². The van der Waals surface area contributed by atoms with Crippen LogP contribution in [0.2, 0.25) is 0 Å². The number of ether oxygens (including phenoxy) is 1. The van der Waals surface area contributed by atoms with Crippen molar-refractivity contribution in [2.75, 3.05) is 26.3 Å². The zero-order chi connectivity index (χ0) is 16.9. The van der Waals surface area contributed by atoms with Gasteiger partial charge >= 0.3 is 0 Å². The first-order valence-electron chi connectivity index (χ1n) is 7.72. The van der Waals surface area contributed by atoms with Gasteiger partial charge in [-0.1, -0.05) is 30.6 Å². The number of hydrogen-bond acceptors (Lipinski definition) is 2. The Morgan fingerprint density at radius 2 is 1.54 bits per heavy atom. The maximum Gasteiger partial charge on any atom is 0.160 e. The summed E-state index contributed by atoms with van der Waals surface area (Å²) in [5.41, 5.74) is 3.25. The third kappa shape index (κ3) is 3.81. The van der Waals surface area contributed by atoms with Crippen molar-refractivity contribution in [2.45, 2.75) is 0 Å². The molecule has 0 bridgehead atoms. The molecule has 0 unspecified atom stereocenters. The molecule has 122 valence electrons. The van der Waals surface area contributed by atoms with Crippen LogP contribution in [0.5, 0.6) is 0 Å². The van der Waals surface area contributed by atoms with Crippen LogP contribution in [-0.2, 0) is 4.74 Å². The van der Waals surface area contributed by atoms with E-state index in [9.17, 15) is 8.78 Å². The van der Waals surface area contributed by atoms with E-state index in [2.05, 4.69) is 23.3 Å². The number of halogens is 2. The SMILES string of the molecule is C=C(c1ccc(C#Cc2ccc(F)c(F)c2)cc1)N1CCOCC1. The molecule has 0 N–H and O–H groups in total. The molecule has 1 fully saturated rings. The van der Waals surface area contributed by atoms with Gasteiger partial charge in [0.15, 0.2) is 11.6 Å². The van der Waals surface area contributed by atoms with Crippen LogP contribution in [0.25, 0.3) is 5.70 Å². The van der Waals surface area contributed by atoms with Gasteiger partial charge in [0.1, 0.15) is 0 Å². The Morgan fingerprint density at radius 1 is 0.917 bits per heavy atom. The van der Waals surface area contributed by atoms with Crippen molar-refractivity contribution in [1.29, 1.82) is 0 Å². The van der Waals surface area contributed by atoms with Gasteiger partial charge in [0.25, 0.3) is 0 Å². The van der Waals surface area contributed by atoms with Gasteiger partial charge in [0.05, 0.1) is 13.2 Å². The molecule has 0 radical (unpaired) electrons. The highest BCUT2D eigenvalue weighted by Gasteiger charge is 2.13. The highest BCUT2D eigenvalue weighted by molar-refractivity contribution is 5.63. The molecule has 2 nitrogen and oxygen atoms in total.